The molecule has 2 saturated heterocycles. The molecule has 6 rings (SSSR count). The predicted molar refractivity (Wildman–Crippen MR) is 156 cm³/mol. The number of amides is 1. The number of anilines is 1. The van der Waals surface area contributed by atoms with Crippen LogP contribution in [0.4, 0.5) is 5.95 Å². The highest BCUT2D eigenvalue weighted by Crippen LogP contribution is 2.54. The van der Waals surface area contributed by atoms with Gasteiger partial charge < -0.3 is 10.2 Å². The third-order valence-electron chi connectivity index (χ3n) is 9.07. The fourth-order valence-corrected chi connectivity index (χ4v) is 6.39. The summed E-state index contributed by atoms with van der Waals surface area (Å²) in [6.07, 6.45) is 8.44. The Morgan fingerprint density at radius 2 is 1.70 bits per heavy atom. The summed E-state index contributed by atoms with van der Waals surface area (Å²) in [7, 11) is 0. The molecule has 210 valence electrons. The van der Waals surface area contributed by atoms with Gasteiger partial charge in [-0.25, -0.2) is 14.8 Å². The van der Waals surface area contributed by atoms with Crippen LogP contribution in [0.2, 0.25) is 0 Å². The van der Waals surface area contributed by atoms with E-state index < -0.39 is 0 Å². The number of aromatic nitrogens is 4. The summed E-state index contributed by atoms with van der Waals surface area (Å²) in [5, 5.41) is 4.15. The zero-order valence-electron chi connectivity index (χ0n) is 23.9. The van der Waals surface area contributed by atoms with Crippen molar-refractivity contribution in [3.05, 3.63) is 70.9 Å². The minimum absolute atomic E-state index is 0.0115. The molecule has 1 aromatic carbocycles. The van der Waals surface area contributed by atoms with Crippen molar-refractivity contribution in [3.8, 4) is 0 Å². The Labute approximate surface area is 235 Å². The molecule has 3 aromatic rings. The van der Waals surface area contributed by atoms with E-state index >= 15 is 0 Å². The van der Waals surface area contributed by atoms with Crippen molar-refractivity contribution in [3.63, 3.8) is 0 Å². The molecule has 3 aliphatic rings. The highest BCUT2D eigenvalue weighted by atomic mass is 16.2. The average molecular weight is 542 g/mol. The number of nitrogens with zero attached hydrogens (tertiary/aromatic N) is 6. The van der Waals surface area contributed by atoms with Gasteiger partial charge in [0.1, 0.15) is 0 Å². The Kier molecular flexibility index (Phi) is 6.52. The number of hydrogen-bond acceptors (Lipinski definition) is 7. The molecule has 1 saturated carbocycles. The van der Waals surface area contributed by atoms with Crippen molar-refractivity contribution in [2.24, 2.45) is 10.8 Å². The molecule has 0 bridgehead atoms. The molecule has 2 aromatic heterocycles. The summed E-state index contributed by atoms with van der Waals surface area (Å²) in [6, 6.07) is 9.27. The second-order valence-corrected chi connectivity index (χ2v) is 12.8. The number of carbonyl (C=O) groups excluding carboxylic acids is 1. The SMILES string of the molecule is C=CC(=O)N1CC2(C1)CN(C(CC1(C)CC1)c1ccc([C@H](C)Nc3ncc4cnc(=O)n(C(C)C)c4n3)cc1)C2. The summed E-state index contributed by atoms with van der Waals surface area (Å²) in [5.41, 5.74) is 3.48. The topological polar surface area (TPSA) is 96.3 Å². The highest BCUT2D eigenvalue weighted by molar-refractivity contribution is 5.87. The minimum Gasteiger partial charge on any atom is -0.348 e. The molecule has 40 heavy (non-hydrogen) atoms. The lowest BCUT2D eigenvalue weighted by Crippen LogP contribution is -2.73. The maximum Gasteiger partial charge on any atom is 0.349 e. The molecule has 0 radical (unpaired) electrons. The molecule has 1 N–H and O–H groups in total. The first-order valence-electron chi connectivity index (χ1n) is 14.3. The molecule has 1 spiro atoms. The fourth-order valence-electron chi connectivity index (χ4n) is 6.39. The van der Waals surface area contributed by atoms with Gasteiger partial charge in [0.15, 0.2) is 5.65 Å². The number of likely N-dealkylation sites (tertiary alicyclic amines) is 2. The smallest absolute Gasteiger partial charge is 0.348 e. The number of fused-ring (bicyclic) bond motifs is 1. The Balaban J connectivity index is 1.16. The lowest BCUT2D eigenvalue weighted by molar-refractivity contribution is -0.160. The van der Waals surface area contributed by atoms with Crippen molar-refractivity contribution in [2.45, 2.75) is 65.1 Å². The molecule has 1 amide bonds. The molecule has 1 unspecified atom stereocenters. The van der Waals surface area contributed by atoms with Crippen molar-refractivity contribution in [1.29, 1.82) is 0 Å². The van der Waals surface area contributed by atoms with Crippen LogP contribution in [0.25, 0.3) is 11.0 Å². The number of nitrogens with one attached hydrogen (secondary N) is 1. The van der Waals surface area contributed by atoms with Gasteiger partial charge in [-0.05, 0) is 62.7 Å². The summed E-state index contributed by atoms with van der Waals surface area (Å²) in [5.74, 6) is 0.531. The minimum atomic E-state index is -0.307. The van der Waals surface area contributed by atoms with Gasteiger partial charge in [0, 0.05) is 56.1 Å². The van der Waals surface area contributed by atoms with Gasteiger partial charge in [-0.2, -0.15) is 4.98 Å². The first-order valence-corrected chi connectivity index (χ1v) is 14.3. The summed E-state index contributed by atoms with van der Waals surface area (Å²) in [6.45, 7) is 15.8. The Morgan fingerprint density at radius 3 is 2.33 bits per heavy atom. The van der Waals surface area contributed by atoms with Gasteiger partial charge in [0.2, 0.25) is 11.9 Å². The van der Waals surface area contributed by atoms with Gasteiger partial charge in [-0.15, -0.1) is 0 Å². The Morgan fingerprint density at radius 1 is 1.05 bits per heavy atom. The molecule has 2 atom stereocenters. The van der Waals surface area contributed by atoms with Crippen LogP contribution in [-0.4, -0.2) is 61.4 Å². The van der Waals surface area contributed by atoms with Gasteiger partial charge >= 0.3 is 5.69 Å². The molecule has 3 fully saturated rings. The monoisotopic (exact) mass is 541 g/mol. The van der Waals surface area contributed by atoms with E-state index in [2.05, 4.69) is 69.9 Å². The molecule has 2 aliphatic heterocycles. The van der Waals surface area contributed by atoms with Crippen LogP contribution >= 0.6 is 0 Å². The van der Waals surface area contributed by atoms with E-state index in [-0.39, 0.29) is 29.1 Å². The van der Waals surface area contributed by atoms with E-state index in [9.17, 15) is 9.59 Å². The van der Waals surface area contributed by atoms with Crippen molar-refractivity contribution >= 4 is 22.9 Å². The van der Waals surface area contributed by atoms with Crippen LogP contribution in [0.3, 0.4) is 0 Å². The third-order valence-corrected chi connectivity index (χ3v) is 9.07. The molecular weight excluding hydrogens is 502 g/mol. The van der Waals surface area contributed by atoms with E-state index in [1.54, 1.807) is 10.8 Å². The first-order chi connectivity index (χ1) is 19.1. The van der Waals surface area contributed by atoms with Gasteiger partial charge in [-0.3, -0.25) is 14.3 Å². The molecular formula is C31H39N7O2. The van der Waals surface area contributed by atoms with Crippen LogP contribution in [0.5, 0.6) is 0 Å². The first kappa shape index (κ1) is 26.6. The van der Waals surface area contributed by atoms with Crippen LogP contribution in [-0.2, 0) is 4.79 Å². The van der Waals surface area contributed by atoms with E-state index in [1.807, 2.05) is 18.7 Å². The number of hydrogen-bond donors (Lipinski definition) is 1. The number of carbonyl (C=O) groups is 1. The molecule has 4 heterocycles. The van der Waals surface area contributed by atoms with Crippen LogP contribution in [0.1, 0.15) is 76.2 Å². The fraction of sp³-hybridized carbons (Fsp3) is 0.516. The zero-order valence-corrected chi connectivity index (χ0v) is 23.9. The third kappa shape index (κ3) is 4.91. The van der Waals surface area contributed by atoms with E-state index in [0.717, 1.165) is 37.1 Å². The summed E-state index contributed by atoms with van der Waals surface area (Å²) < 4.78 is 1.60. The maximum absolute atomic E-state index is 12.3. The van der Waals surface area contributed by atoms with Gasteiger partial charge in [0.25, 0.3) is 0 Å². The largest absolute Gasteiger partial charge is 0.349 e. The van der Waals surface area contributed by atoms with Crippen molar-refractivity contribution in [2.75, 3.05) is 31.5 Å². The van der Waals surface area contributed by atoms with Crippen LogP contribution in [0.15, 0.2) is 54.1 Å². The van der Waals surface area contributed by atoms with Crippen LogP contribution < -0.4 is 11.0 Å². The zero-order chi connectivity index (χ0) is 28.2. The van der Waals surface area contributed by atoms with Crippen molar-refractivity contribution in [1.82, 2.24) is 29.3 Å². The number of rotatable bonds is 9. The average Bonchev–Trinajstić information content (AvgIpc) is 3.62. The quantitative estimate of drug-likeness (QED) is 0.399. The van der Waals surface area contributed by atoms with E-state index in [0.29, 0.717) is 23.1 Å². The Hall–Kier alpha value is -3.59. The molecule has 9 nitrogen and oxygen atoms in total. The normalized spacial score (nSPS) is 20.6. The number of benzene rings is 1. The second kappa shape index (κ2) is 9.80. The van der Waals surface area contributed by atoms with E-state index in [1.165, 1.54) is 37.1 Å². The maximum atomic E-state index is 12.3. The highest BCUT2D eigenvalue weighted by Gasteiger charge is 2.55. The summed E-state index contributed by atoms with van der Waals surface area (Å²) >= 11 is 0. The lowest BCUT2D eigenvalue weighted by Gasteiger charge is -2.62. The predicted octanol–water partition coefficient (Wildman–Crippen LogP) is 4.50. The second-order valence-electron chi connectivity index (χ2n) is 12.8. The molecule has 9 heteroatoms. The molecule has 1 aliphatic carbocycles. The lowest BCUT2D eigenvalue weighted by atomic mass is 9.71. The van der Waals surface area contributed by atoms with Crippen molar-refractivity contribution < 1.29 is 4.79 Å². The van der Waals surface area contributed by atoms with Gasteiger partial charge in [-0.1, -0.05) is 37.8 Å². The van der Waals surface area contributed by atoms with E-state index in [4.69, 9.17) is 0 Å². The standard InChI is InChI=1S/C31H39N7O2/c1-6-26(39)37-18-31(19-37)16-36(17-31)25(13-30(5)11-12-30)23-9-7-22(8-10-23)21(4)34-28-32-14-24-15-33-29(40)38(20(2)3)27(24)35-28/h6-10,14-15,20-21,25H,1,11-13,16-19H2,2-5H3,(H,32,34,35)/t21-,25?/m0/s1. The summed E-state index contributed by atoms with van der Waals surface area (Å²) in [4.78, 5) is 41.9. The van der Waals surface area contributed by atoms with Gasteiger partial charge in [0.05, 0.1) is 11.4 Å². The van der Waals surface area contributed by atoms with Crippen LogP contribution in [0, 0.1) is 10.8 Å². The Bertz CT molecular complexity index is 1490.